The second-order valence-electron chi connectivity index (χ2n) is 10.1. The Morgan fingerprint density at radius 1 is 0.841 bits per heavy atom. The maximum Gasteiger partial charge on any atom is 0.359 e. The SMILES string of the molecule is CCOC(=O)c1nn(-c2ccc(C)cc2)c(C)c1C(=O)c1noc(-c2cccc3ccccc23)c1S(=O)(=O)c1ccccc1. The van der Waals surface area contributed by atoms with Gasteiger partial charge in [-0.3, -0.25) is 4.79 Å². The van der Waals surface area contributed by atoms with Crippen LogP contribution in [0, 0.1) is 13.8 Å². The fraction of sp³-hybridized carbons (Fsp3) is 0.118. The molecule has 6 rings (SSSR count). The van der Waals surface area contributed by atoms with E-state index in [1.807, 2.05) is 49.4 Å². The third kappa shape index (κ3) is 4.88. The highest BCUT2D eigenvalue weighted by Gasteiger charge is 2.38. The first-order chi connectivity index (χ1) is 21.2. The molecule has 6 aromatic rings. The van der Waals surface area contributed by atoms with Crippen LogP contribution in [0.4, 0.5) is 0 Å². The van der Waals surface area contributed by atoms with Gasteiger partial charge in [-0.15, -0.1) is 0 Å². The number of benzene rings is 4. The van der Waals surface area contributed by atoms with Crippen molar-refractivity contribution in [3.8, 4) is 17.0 Å². The second-order valence-corrected chi connectivity index (χ2v) is 12.0. The van der Waals surface area contributed by atoms with Crippen molar-refractivity contribution in [3.05, 3.63) is 125 Å². The van der Waals surface area contributed by atoms with Crippen molar-refractivity contribution in [3.63, 3.8) is 0 Å². The van der Waals surface area contributed by atoms with Gasteiger partial charge in [0.2, 0.25) is 15.6 Å². The number of rotatable bonds is 8. The van der Waals surface area contributed by atoms with Crippen molar-refractivity contribution in [2.24, 2.45) is 0 Å². The molecule has 0 radical (unpaired) electrons. The van der Waals surface area contributed by atoms with E-state index in [0.717, 1.165) is 10.9 Å². The van der Waals surface area contributed by atoms with Crippen LogP contribution in [0.1, 0.15) is 44.7 Å². The number of ketones is 1. The van der Waals surface area contributed by atoms with Gasteiger partial charge < -0.3 is 9.26 Å². The number of esters is 1. The Balaban J connectivity index is 1.62. The van der Waals surface area contributed by atoms with Gasteiger partial charge >= 0.3 is 5.97 Å². The quantitative estimate of drug-likeness (QED) is 0.142. The van der Waals surface area contributed by atoms with Gasteiger partial charge in [0.15, 0.2) is 22.0 Å². The largest absolute Gasteiger partial charge is 0.461 e. The fourth-order valence-corrected chi connectivity index (χ4v) is 6.69. The molecule has 0 unspecified atom stereocenters. The molecule has 0 atom stereocenters. The molecule has 0 bridgehead atoms. The van der Waals surface area contributed by atoms with Crippen LogP contribution in [0.5, 0.6) is 0 Å². The highest BCUT2D eigenvalue weighted by atomic mass is 32.2. The lowest BCUT2D eigenvalue weighted by molar-refractivity contribution is 0.0516. The van der Waals surface area contributed by atoms with E-state index in [1.165, 1.54) is 16.8 Å². The van der Waals surface area contributed by atoms with E-state index in [1.54, 1.807) is 56.3 Å². The number of sulfone groups is 1. The predicted molar refractivity (Wildman–Crippen MR) is 164 cm³/mol. The average molecular weight is 606 g/mol. The van der Waals surface area contributed by atoms with Gasteiger partial charge in [0.1, 0.15) is 0 Å². The first kappa shape index (κ1) is 28.8. The topological polar surface area (TPSA) is 121 Å². The van der Waals surface area contributed by atoms with E-state index in [-0.39, 0.29) is 28.5 Å². The first-order valence-corrected chi connectivity index (χ1v) is 15.4. The Morgan fingerprint density at radius 3 is 2.25 bits per heavy atom. The summed E-state index contributed by atoms with van der Waals surface area (Å²) < 4.78 is 41.0. The highest BCUT2D eigenvalue weighted by Crippen LogP contribution is 2.39. The summed E-state index contributed by atoms with van der Waals surface area (Å²) in [7, 11) is -4.35. The van der Waals surface area contributed by atoms with Crippen molar-refractivity contribution in [2.45, 2.75) is 30.6 Å². The minimum Gasteiger partial charge on any atom is -0.461 e. The summed E-state index contributed by atoms with van der Waals surface area (Å²) in [6, 6.07) is 27.9. The lowest BCUT2D eigenvalue weighted by Crippen LogP contribution is -2.15. The van der Waals surface area contributed by atoms with E-state index in [4.69, 9.17) is 9.26 Å². The monoisotopic (exact) mass is 605 g/mol. The van der Waals surface area contributed by atoms with Gasteiger partial charge in [-0.25, -0.2) is 17.9 Å². The summed E-state index contributed by atoms with van der Waals surface area (Å²) in [5.74, 6) is -1.75. The molecule has 0 aliphatic rings. The third-order valence-corrected chi connectivity index (χ3v) is 9.12. The van der Waals surface area contributed by atoms with Crippen LogP contribution < -0.4 is 0 Å². The maximum absolute atomic E-state index is 14.5. The predicted octanol–water partition coefficient (Wildman–Crippen LogP) is 6.54. The summed E-state index contributed by atoms with van der Waals surface area (Å²) >= 11 is 0. The summed E-state index contributed by atoms with van der Waals surface area (Å²) in [6.45, 7) is 5.25. The molecule has 2 heterocycles. The maximum atomic E-state index is 14.5. The summed E-state index contributed by atoms with van der Waals surface area (Å²) in [6.07, 6.45) is 0. The molecule has 4 aromatic carbocycles. The number of nitrogens with zero attached hydrogens (tertiary/aromatic N) is 3. The lowest BCUT2D eigenvalue weighted by Gasteiger charge is -2.09. The molecule has 10 heteroatoms. The number of hydrogen-bond acceptors (Lipinski definition) is 8. The summed E-state index contributed by atoms with van der Waals surface area (Å²) in [5, 5.41) is 10.1. The van der Waals surface area contributed by atoms with Crippen LogP contribution in [-0.4, -0.2) is 41.7 Å². The van der Waals surface area contributed by atoms with Crippen LogP contribution in [0.25, 0.3) is 27.8 Å². The average Bonchev–Trinajstić information content (AvgIpc) is 3.64. The zero-order valence-electron chi connectivity index (χ0n) is 24.1. The van der Waals surface area contributed by atoms with Crippen molar-refractivity contribution in [2.75, 3.05) is 6.61 Å². The van der Waals surface area contributed by atoms with Gasteiger partial charge in [0.05, 0.1) is 28.4 Å². The number of carbonyl (C=O) groups is 2. The molecular formula is C34H27N3O6S. The molecule has 0 N–H and O–H groups in total. The number of carbonyl (C=O) groups excluding carboxylic acids is 2. The Hall–Kier alpha value is -5.35. The number of aromatic nitrogens is 3. The second kappa shape index (κ2) is 11.4. The molecule has 0 aliphatic heterocycles. The van der Waals surface area contributed by atoms with E-state index < -0.39 is 32.2 Å². The first-order valence-electron chi connectivity index (χ1n) is 13.9. The molecule has 0 fully saturated rings. The summed E-state index contributed by atoms with van der Waals surface area (Å²) in [5.41, 5.74) is 1.51. The normalized spacial score (nSPS) is 11.5. The van der Waals surface area contributed by atoms with Crippen LogP contribution in [0.2, 0.25) is 0 Å². The minimum absolute atomic E-state index is 0.0450. The Labute approximate surface area is 253 Å². The van der Waals surface area contributed by atoms with Crippen LogP contribution in [-0.2, 0) is 14.6 Å². The minimum atomic E-state index is -4.35. The molecule has 44 heavy (non-hydrogen) atoms. The summed E-state index contributed by atoms with van der Waals surface area (Å²) in [4.78, 5) is 27.1. The Morgan fingerprint density at radius 2 is 1.52 bits per heavy atom. The zero-order chi connectivity index (χ0) is 31.0. The third-order valence-electron chi connectivity index (χ3n) is 7.31. The Bertz CT molecular complexity index is 2140. The van der Waals surface area contributed by atoms with Gasteiger partial charge in [-0.05, 0) is 55.8 Å². The van der Waals surface area contributed by atoms with Gasteiger partial charge in [0, 0.05) is 5.56 Å². The molecule has 0 aliphatic carbocycles. The lowest BCUT2D eigenvalue weighted by atomic mass is 10.0. The van der Waals surface area contributed by atoms with E-state index in [2.05, 4.69) is 10.3 Å². The molecule has 0 amide bonds. The van der Waals surface area contributed by atoms with E-state index in [9.17, 15) is 18.0 Å². The standard InChI is InChI=1S/C34H27N3O6S/c1-4-42-34(39)29-28(22(3)37(35-29)24-19-17-21(2)18-20-24)31(38)30-33(44(40,41)25-13-6-5-7-14-25)32(43-36-30)27-16-10-12-23-11-8-9-15-26(23)27/h5-20H,4H2,1-3H3. The van der Waals surface area contributed by atoms with Crippen molar-refractivity contribution in [1.29, 1.82) is 0 Å². The highest BCUT2D eigenvalue weighted by molar-refractivity contribution is 7.91. The van der Waals surface area contributed by atoms with Gasteiger partial charge in [-0.1, -0.05) is 83.5 Å². The molecule has 0 saturated carbocycles. The number of ether oxygens (including phenoxy) is 1. The van der Waals surface area contributed by atoms with Crippen molar-refractivity contribution >= 4 is 32.4 Å². The van der Waals surface area contributed by atoms with Gasteiger partial charge in [-0.2, -0.15) is 5.10 Å². The Kier molecular flexibility index (Phi) is 7.44. The molecule has 0 saturated heterocycles. The molecule has 2 aromatic heterocycles. The van der Waals surface area contributed by atoms with Crippen molar-refractivity contribution < 1.29 is 27.3 Å². The van der Waals surface area contributed by atoms with Crippen LogP contribution >= 0.6 is 0 Å². The van der Waals surface area contributed by atoms with E-state index in [0.29, 0.717) is 22.3 Å². The smallest absolute Gasteiger partial charge is 0.359 e. The zero-order valence-corrected chi connectivity index (χ0v) is 25.0. The fourth-order valence-electron chi connectivity index (χ4n) is 5.16. The number of aryl methyl sites for hydroxylation is 1. The van der Waals surface area contributed by atoms with Crippen LogP contribution in [0.15, 0.2) is 111 Å². The molecule has 9 nitrogen and oxygen atoms in total. The molecular weight excluding hydrogens is 578 g/mol. The van der Waals surface area contributed by atoms with E-state index >= 15 is 0 Å². The number of fused-ring (bicyclic) bond motifs is 1. The molecule has 220 valence electrons. The van der Waals surface area contributed by atoms with Crippen LogP contribution in [0.3, 0.4) is 0 Å². The number of hydrogen-bond donors (Lipinski definition) is 0. The van der Waals surface area contributed by atoms with Gasteiger partial charge in [0.25, 0.3) is 0 Å². The van der Waals surface area contributed by atoms with Crippen molar-refractivity contribution in [1.82, 2.24) is 14.9 Å². The molecule has 0 spiro atoms.